The summed E-state index contributed by atoms with van der Waals surface area (Å²) in [5.74, 6) is 0.974. The third-order valence-corrected chi connectivity index (χ3v) is 2.55. The van der Waals surface area contributed by atoms with Crippen molar-refractivity contribution in [1.82, 2.24) is 4.98 Å². The number of nitrogen functional groups attached to an aromatic ring is 1. The maximum atomic E-state index is 10.8. The lowest BCUT2D eigenvalue weighted by Gasteiger charge is -2.10. The van der Waals surface area contributed by atoms with Crippen molar-refractivity contribution >= 4 is 11.5 Å². The van der Waals surface area contributed by atoms with Gasteiger partial charge in [0.15, 0.2) is 11.5 Å². The number of anilines is 1. The van der Waals surface area contributed by atoms with Gasteiger partial charge >= 0.3 is 0 Å². The fourth-order valence-corrected chi connectivity index (χ4v) is 1.64. The number of pyridine rings is 1. The Morgan fingerprint density at radius 1 is 1.25 bits per heavy atom. The maximum Gasteiger partial charge on any atom is 0.278 e. The number of rotatable bonds is 4. The van der Waals surface area contributed by atoms with Gasteiger partial charge in [0.25, 0.3) is 5.69 Å². The van der Waals surface area contributed by atoms with Crippen LogP contribution in [0.25, 0.3) is 0 Å². The topological polar surface area (TPSA) is 101 Å². The molecular weight excluding hydrogens is 262 g/mol. The van der Waals surface area contributed by atoms with E-state index in [9.17, 15) is 10.1 Å². The first-order valence-corrected chi connectivity index (χ1v) is 5.74. The molecule has 0 aliphatic rings. The number of benzene rings is 1. The monoisotopic (exact) mass is 275 g/mol. The average molecular weight is 275 g/mol. The van der Waals surface area contributed by atoms with E-state index in [-0.39, 0.29) is 17.4 Å². The number of hydrogen-bond donors (Lipinski definition) is 1. The third kappa shape index (κ3) is 2.94. The van der Waals surface area contributed by atoms with Gasteiger partial charge in [0, 0.05) is 0 Å². The highest BCUT2D eigenvalue weighted by Gasteiger charge is 2.13. The molecule has 104 valence electrons. The molecule has 0 unspecified atom stereocenters. The summed E-state index contributed by atoms with van der Waals surface area (Å²) >= 11 is 0. The lowest BCUT2D eigenvalue weighted by atomic mass is 10.2. The first kappa shape index (κ1) is 13.6. The third-order valence-electron chi connectivity index (χ3n) is 2.55. The van der Waals surface area contributed by atoms with Gasteiger partial charge in [-0.15, -0.1) is 0 Å². The molecule has 0 radical (unpaired) electrons. The predicted octanol–water partition coefficient (Wildman–Crippen LogP) is 2.68. The summed E-state index contributed by atoms with van der Waals surface area (Å²) in [5.41, 5.74) is 6.34. The summed E-state index contributed by atoms with van der Waals surface area (Å²) in [6.45, 7) is 1.91. The molecule has 1 aromatic heterocycles. The predicted molar refractivity (Wildman–Crippen MR) is 73.1 cm³/mol. The van der Waals surface area contributed by atoms with Crippen molar-refractivity contribution < 1.29 is 14.4 Å². The van der Waals surface area contributed by atoms with Crippen LogP contribution in [0.1, 0.15) is 5.56 Å². The Labute approximate surface area is 115 Å². The largest absolute Gasteiger partial charge is 0.493 e. The molecule has 2 rings (SSSR count). The van der Waals surface area contributed by atoms with Gasteiger partial charge in [0.2, 0.25) is 5.88 Å². The quantitative estimate of drug-likeness (QED) is 0.680. The molecule has 0 bridgehead atoms. The van der Waals surface area contributed by atoms with Crippen LogP contribution in [0.15, 0.2) is 30.3 Å². The lowest BCUT2D eigenvalue weighted by molar-refractivity contribution is -0.384. The molecule has 0 saturated carbocycles. The van der Waals surface area contributed by atoms with Crippen molar-refractivity contribution in [2.75, 3.05) is 12.8 Å². The zero-order chi connectivity index (χ0) is 14.7. The first-order valence-electron chi connectivity index (χ1n) is 5.74. The highest BCUT2D eigenvalue weighted by Crippen LogP contribution is 2.32. The molecule has 2 aromatic rings. The van der Waals surface area contributed by atoms with Crippen molar-refractivity contribution in [2.24, 2.45) is 0 Å². The van der Waals surface area contributed by atoms with E-state index in [1.807, 2.05) is 13.0 Å². The van der Waals surface area contributed by atoms with E-state index in [4.69, 9.17) is 15.2 Å². The Balaban J connectivity index is 2.37. The fourth-order valence-electron chi connectivity index (χ4n) is 1.64. The molecule has 7 nitrogen and oxygen atoms in total. The van der Waals surface area contributed by atoms with E-state index in [2.05, 4.69) is 4.98 Å². The Morgan fingerprint density at radius 3 is 2.65 bits per heavy atom. The Morgan fingerprint density at radius 2 is 2.00 bits per heavy atom. The first-order chi connectivity index (χ1) is 9.49. The molecule has 1 aromatic carbocycles. The van der Waals surface area contributed by atoms with Crippen molar-refractivity contribution in [2.45, 2.75) is 6.92 Å². The van der Waals surface area contributed by atoms with Crippen LogP contribution in [0, 0.1) is 17.0 Å². The molecule has 0 amide bonds. The van der Waals surface area contributed by atoms with Crippen LogP contribution in [0.2, 0.25) is 0 Å². The van der Waals surface area contributed by atoms with E-state index in [1.54, 1.807) is 12.1 Å². The minimum Gasteiger partial charge on any atom is -0.493 e. The van der Waals surface area contributed by atoms with Gasteiger partial charge in [-0.3, -0.25) is 10.1 Å². The number of methoxy groups -OCH3 is 1. The second-order valence-electron chi connectivity index (χ2n) is 4.10. The number of hydrogen-bond acceptors (Lipinski definition) is 6. The van der Waals surface area contributed by atoms with Gasteiger partial charge in [0.05, 0.1) is 24.2 Å². The van der Waals surface area contributed by atoms with E-state index < -0.39 is 4.92 Å². The maximum absolute atomic E-state index is 10.8. The second-order valence-corrected chi connectivity index (χ2v) is 4.10. The Kier molecular flexibility index (Phi) is 3.69. The van der Waals surface area contributed by atoms with Crippen LogP contribution in [-0.4, -0.2) is 17.0 Å². The summed E-state index contributed by atoms with van der Waals surface area (Å²) < 4.78 is 10.7. The Hall–Kier alpha value is -2.83. The number of ether oxygens (including phenoxy) is 2. The van der Waals surface area contributed by atoms with Gasteiger partial charge < -0.3 is 15.2 Å². The zero-order valence-corrected chi connectivity index (χ0v) is 11.0. The smallest absolute Gasteiger partial charge is 0.278 e. The molecule has 20 heavy (non-hydrogen) atoms. The number of aromatic nitrogens is 1. The van der Waals surface area contributed by atoms with E-state index >= 15 is 0 Å². The van der Waals surface area contributed by atoms with Crippen LogP contribution in [0.5, 0.6) is 17.4 Å². The SMILES string of the molecule is COc1cc(C)ccc1Oc1cc([N+](=O)[O-])cc(N)n1. The standard InChI is InChI=1S/C13H13N3O4/c1-8-3-4-10(11(5-8)19-2)20-13-7-9(16(17)18)6-12(14)15-13/h3-7H,1-2H3,(H2,14,15). The highest BCUT2D eigenvalue weighted by atomic mass is 16.6. The highest BCUT2D eigenvalue weighted by molar-refractivity contribution is 5.48. The summed E-state index contributed by atoms with van der Waals surface area (Å²) in [6, 6.07) is 7.69. The number of nitrogens with zero attached hydrogens (tertiary/aromatic N) is 2. The number of nitrogens with two attached hydrogens (primary N) is 1. The van der Waals surface area contributed by atoms with Crippen molar-refractivity contribution in [1.29, 1.82) is 0 Å². The van der Waals surface area contributed by atoms with Gasteiger partial charge in [-0.1, -0.05) is 6.07 Å². The van der Waals surface area contributed by atoms with E-state index in [0.717, 1.165) is 5.56 Å². The molecule has 2 N–H and O–H groups in total. The fraction of sp³-hybridized carbons (Fsp3) is 0.154. The normalized spacial score (nSPS) is 10.1. The van der Waals surface area contributed by atoms with Crippen molar-refractivity contribution in [3.63, 3.8) is 0 Å². The van der Waals surface area contributed by atoms with Gasteiger partial charge in [-0.2, -0.15) is 4.98 Å². The molecule has 0 fully saturated rings. The number of aryl methyl sites for hydroxylation is 1. The second kappa shape index (κ2) is 5.43. The van der Waals surface area contributed by atoms with E-state index in [0.29, 0.717) is 11.5 Å². The van der Waals surface area contributed by atoms with Crippen LogP contribution in [0.3, 0.4) is 0 Å². The van der Waals surface area contributed by atoms with Gasteiger partial charge in [0.1, 0.15) is 5.82 Å². The molecule has 0 aliphatic carbocycles. The molecule has 0 atom stereocenters. The molecule has 7 heteroatoms. The van der Waals surface area contributed by atoms with Crippen molar-refractivity contribution in [3.8, 4) is 17.4 Å². The minimum atomic E-state index is -0.558. The van der Waals surface area contributed by atoms with Gasteiger partial charge in [-0.05, 0) is 24.6 Å². The minimum absolute atomic E-state index is 0.0141. The average Bonchev–Trinajstić information content (AvgIpc) is 2.40. The molecule has 1 heterocycles. The molecular formula is C13H13N3O4. The summed E-state index contributed by atoms with van der Waals surface area (Å²) in [5, 5.41) is 10.8. The summed E-state index contributed by atoms with van der Waals surface area (Å²) in [4.78, 5) is 14.1. The Bertz CT molecular complexity index is 658. The summed E-state index contributed by atoms with van der Waals surface area (Å²) in [6.07, 6.45) is 0. The molecule has 0 aliphatic heterocycles. The summed E-state index contributed by atoms with van der Waals surface area (Å²) in [7, 11) is 1.51. The van der Waals surface area contributed by atoms with E-state index in [1.165, 1.54) is 19.2 Å². The van der Waals surface area contributed by atoms with Gasteiger partial charge in [-0.25, -0.2) is 0 Å². The zero-order valence-electron chi connectivity index (χ0n) is 11.0. The lowest BCUT2D eigenvalue weighted by Crippen LogP contribution is -1.98. The molecule has 0 saturated heterocycles. The van der Waals surface area contributed by atoms with Crippen LogP contribution in [0.4, 0.5) is 11.5 Å². The van der Waals surface area contributed by atoms with Crippen LogP contribution in [-0.2, 0) is 0 Å². The van der Waals surface area contributed by atoms with Crippen LogP contribution < -0.4 is 15.2 Å². The van der Waals surface area contributed by atoms with Crippen molar-refractivity contribution in [3.05, 3.63) is 46.0 Å². The molecule has 0 spiro atoms. The van der Waals surface area contributed by atoms with Crippen LogP contribution >= 0.6 is 0 Å². The number of nitro groups is 1.